The molecular weight excluding hydrogens is 490 g/mol. The second kappa shape index (κ2) is 9.03. The van der Waals surface area contributed by atoms with Crippen LogP contribution in [-0.4, -0.2) is 24.9 Å². The minimum atomic E-state index is 0.648. The highest BCUT2D eigenvalue weighted by Gasteiger charge is 2.17. The van der Waals surface area contributed by atoms with E-state index in [2.05, 4.69) is 77.8 Å². The standard InChI is InChI=1S/C35H21N5/c1-2-12-26(25(11-1)30-19-18-24-17-16-23-10-7-21-37-32(23)33(24)38-30)35-39-29-15-4-3-13-27(29)34(40-35)28-14-5-8-22-9-6-20-36-31(22)28/h1-21H. The van der Waals surface area contributed by atoms with Crippen molar-refractivity contribution in [3.8, 4) is 33.9 Å². The summed E-state index contributed by atoms with van der Waals surface area (Å²) >= 11 is 0. The molecule has 0 aliphatic heterocycles. The molecule has 0 saturated carbocycles. The van der Waals surface area contributed by atoms with Crippen LogP contribution in [0.15, 0.2) is 128 Å². The summed E-state index contributed by atoms with van der Waals surface area (Å²) in [7, 11) is 0. The molecule has 0 radical (unpaired) electrons. The van der Waals surface area contributed by atoms with Gasteiger partial charge in [0.05, 0.1) is 33.5 Å². The largest absolute Gasteiger partial charge is 0.256 e. The lowest BCUT2D eigenvalue weighted by molar-refractivity contribution is 1.23. The maximum Gasteiger partial charge on any atom is 0.161 e. The van der Waals surface area contributed by atoms with Crippen molar-refractivity contribution in [3.05, 3.63) is 128 Å². The average molecular weight is 512 g/mol. The Morgan fingerprint density at radius 1 is 0.400 bits per heavy atom. The van der Waals surface area contributed by atoms with E-state index < -0.39 is 0 Å². The zero-order valence-corrected chi connectivity index (χ0v) is 21.4. The van der Waals surface area contributed by atoms with E-state index in [1.165, 1.54) is 0 Å². The van der Waals surface area contributed by atoms with Gasteiger partial charge in [0.25, 0.3) is 0 Å². The lowest BCUT2D eigenvalue weighted by atomic mass is 10.00. The van der Waals surface area contributed by atoms with E-state index in [0.29, 0.717) is 5.82 Å². The fraction of sp³-hybridized carbons (Fsp3) is 0. The van der Waals surface area contributed by atoms with E-state index >= 15 is 0 Å². The lowest BCUT2D eigenvalue weighted by Gasteiger charge is -2.13. The van der Waals surface area contributed by atoms with Crippen LogP contribution in [0, 0.1) is 0 Å². The summed E-state index contributed by atoms with van der Waals surface area (Å²) < 4.78 is 0. The van der Waals surface area contributed by atoms with Crippen LogP contribution in [0.4, 0.5) is 0 Å². The Balaban J connectivity index is 1.38. The Morgan fingerprint density at radius 2 is 1.05 bits per heavy atom. The van der Waals surface area contributed by atoms with Crippen molar-refractivity contribution < 1.29 is 0 Å². The summed E-state index contributed by atoms with van der Waals surface area (Å²) in [5.41, 5.74) is 8.16. The molecule has 186 valence electrons. The van der Waals surface area contributed by atoms with Gasteiger partial charge in [-0.25, -0.2) is 15.0 Å². The molecule has 0 fully saturated rings. The van der Waals surface area contributed by atoms with Crippen LogP contribution in [0.2, 0.25) is 0 Å². The molecule has 0 spiro atoms. The molecule has 8 aromatic rings. The molecule has 0 aliphatic rings. The second-order valence-corrected chi connectivity index (χ2v) is 9.75. The van der Waals surface area contributed by atoms with Gasteiger partial charge in [-0.05, 0) is 24.3 Å². The first-order chi connectivity index (χ1) is 19.8. The predicted octanol–water partition coefficient (Wildman–Crippen LogP) is 8.28. The van der Waals surface area contributed by atoms with Gasteiger partial charge in [-0.1, -0.05) is 91.0 Å². The van der Waals surface area contributed by atoms with Gasteiger partial charge in [-0.2, -0.15) is 0 Å². The molecule has 4 aromatic carbocycles. The fourth-order valence-electron chi connectivity index (χ4n) is 5.47. The van der Waals surface area contributed by atoms with Crippen molar-refractivity contribution in [2.45, 2.75) is 0 Å². The molecule has 0 unspecified atom stereocenters. The van der Waals surface area contributed by atoms with Gasteiger partial charge >= 0.3 is 0 Å². The van der Waals surface area contributed by atoms with E-state index in [1.807, 2.05) is 54.9 Å². The maximum atomic E-state index is 5.20. The minimum absolute atomic E-state index is 0.648. The van der Waals surface area contributed by atoms with Crippen molar-refractivity contribution >= 4 is 43.6 Å². The van der Waals surface area contributed by atoms with Crippen LogP contribution >= 0.6 is 0 Å². The quantitative estimate of drug-likeness (QED) is 0.223. The first kappa shape index (κ1) is 22.4. The van der Waals surface area contributed by atoms with Gasteiger partial charge in [-0.15, -0.1) is 0 Å². The zero-order valence-electron chi connectivity index (χ0n) is 21.4. The SMILES string of the molecule is c1ccc(-c2nc(-c3cccc4cccnc34)c3ccccc3n2)c(-c2ccc3ccc4cccnc4c3n2)c1. The third kappa shape index (κ3) is 3.60. The van der Waals surface area contributed by atoms with E-state index in [1.54, 1.807) is 0 Å². The summed E-state index contributed by atoms with van der Waals surface area (Å²) in [5.74, 6) is 0.648. The number of para-hydroxylation sites is 2. The Bertz CT molecular complexity index is 2230. The first-order valence-electron chi connectivity index (χ1n) is 13.2. The van der Waals surface area contributed by atoms with E-state index in [9.17, 15) is 0 Å². The lowest BCUT2D eigenvalue weighted by Crippen LogP contribution is -1.98. The summed E-state index contributed by atoms with van der Waals surface area (Å²) in [6, 6.07) is 39.0. The van der Waals surface area contributed by atoms with E-state index in [-0.39, 0.29) is 0 Å². The van der Waals surface area contributed by atoms with Crippen molar-refractivity contribution in [1.82, 2.24) is 24.9 Å². The van der Waals surface area contributed by atoms with Crippen molar-refractivity contribution in [3.63, 3.8) is 0 Å². The summed E-state index contributed by atoms with van der Waals surface area (Å²) in [5, 5.41) is 4.19. The summed E-state index contributed by atoms with van der Waals surface area (Å²) in [4.78, 5) is 24.7. The molecule has 0 N–H and O–H groups in total. The molecule has 4 aromatic heterocycles. The Kier molecular flexibility index (Phi) is 5.07. The van der Waals surface area contributed by atoms with E-state index in [4.69, 9.17) is 19.9 Å². The molecule has 0 bridgehead atoms. The number of pyridine rings is 3. The smallest absolute Gasteiger partial charge is 0.161 e. The molecule has 5 heteroatoms. The monoisotopic (exact) mass is 511 g/mol. The van der Waals surface area contributed by atoms with Crippen molar-refractivity contribution in [1.29, 1.82) is 0 Å². The fourth-order valence-corrected chi connectivity index (χ4v) is 5.47. The number of benzene rings is 4. The van der Waals surface area contributed by atoms with Gasteiger partial charge < -0.3 is 0 Å². The molecule has 0 amide bonds. The number of hydrogen-bond acceptors (Lipinski definition) is 5. The second-order valence-electron chi connectivity index (χ2n) is 9.75. The van der Waals surface area contributed by atoms with Gasteiger partial charge in [0, 0.05) is 50.6 Å². The molecule has 0 atom stereocenters. The molecule has 4 heterocycles. The highest BCUT2D eigenvalue weighted by molar-refractivity contribution is 6.04. The van der Waals surface area contributed by atoms with Crippen molar-refractivity contribution in [2.75, 3.05) is 0 Å². The third-order valence-corrected chi connectivity index (χ3v) is 7.37. The van der Waals surface area contributed by atoms with Crippen LogP contribution in [0.1, 0.15) is 0 Å². The Labute approximate surface area is 229 Å². The number of fused-ring (bicyclic) bond motifs is 5. The topological polar surface area (TPSA) is 64.5 Å². The molecule has 8 rings (SSSR count). The Morgan fingerprint density at radius 3 is 1.93 bits per heavy atom. The third-order valence-electron chi connectivity index (χ3n) is 7.37. The maximum absolute atomic E-state index is 5.20. The molecular formula is C35H21N5. The minimum Gasteiger partial charge on any atom is -0.256 e. The van der Waals surface area contributed by atoms with Gasteiger partial charge in [-0.3, -0.25) is 9.97 Å². The molecule has 5 nitrogen and oxygen atoms in total. The Hall–Kier alpha value is -5.55. The summed E-state index contributed by atoms with van der Waals surface area (Å²) in [6.07, 6.45) is 3.64. The number of nitrogens with zero attached hydrogens (tertiary/aromatic N) is 5. The highest BCUT2D eigenvalue weighted by Crippen LogP contribution is 2.36. The molecule has 0 aliphatic carbocycles. The zero-order chi connectivity index (χ0) is 26.5. The summed E-state index contributed by atoms with van der Waals surface area (Å²) in [6.45, 7) is 0. The number of aromatic nitrogens is 5. The number of hydrogen-bond donors (Lipinski definition) is 0. The van der Waals surface area contributed by atoms with Crippen LogP contribution in [0.5, 0.6) is 0 Å². The van der Waals surface area contributed by atoms with Crippen molar-refractivity contribution in [2.24, 2.45) is 0 Å². The van der Waals surface area contributed by atoms with Gasteiger partial charge in [0.15, 0.2) is 5.82 Å². The van der Waals surface area contributed by atoms with Crippen LogP contribution in [-0.2, 0) is 0 Å². The highest BCUT2D eigenvalue weighted by atomic mass is 14.9. The average Bonchev–Trinajstić information content (AvgIpc) is 3.03. The molecule has 0 saturated heterocycles. The number of rotatable bonds is 3. The van der Waals surface area contributed by atoms with Crippen LogP contribution in [0.3, 0.4) is 0 Å². The predicted molar refractivity (Wildman–Crippen MR) is 162 cm³/mol. The van der Waals surface area contributed by atoms with Gasteiger partial charge in [0.2, 0.25) is 0 Å². The first-order valence-corrected chi connectivity index (χ1v) is 13.2. The van der Waals surface area contributed by atoms with Gasteiger partial charge in [0.1, 0.15) is 0 Å². The molecule has 40 heavy (non-hydrogen) atoms. The van der Waals surface area contributed by atoms with Crippen LogP contribution < -0.4 is 0 Å². The van der Waals surface area contributed by atoms with E-state index in [0.717, 1.165) is 71.7 Å². The van der Waals surface area contributed by atoms with Crippen LogP contribution in [0.25, 0.3) is 77.5 Å². The normalized spacial score (nSPS) is 11.5.